The molecule has 0 aromatic heterocycles. The van der Waals surface area contributed by atoms with Crippen LogP contribution >= 0.6 is 11.6 Å². The largest absolute Gasteiger partial charge is 0.480 e. The first kappa shape index (κ1) is 19.0. The molecular weight excluding hydrogens is 340 g/mol. The summed E-state index contributed by atoms with van der Waals surface area (Å²) < 4.78 is 0. The number of carboxylic acid groups (broad SMARTS) is 1. The molecule has 0 radical (unpaired) electrons. The topological polar surface area (TPSA) is 92.4 Å². The summed E-state index contributed by atoms with van der Waals surface area (Å²) in [7, 11) is 0. The lowest BCUT2D eigenvalue weighted by molar-refractivity contribution is -0.138. The molecule has 0 saturated heterocycles. The maximum atomic E-state index is 12.4. The fraction of sp³-hybridized carbons (Fsp3) is 0.263. The summed E-state index contributed by atoms with van der Waals surface area (Å²) in [5, 5.41) is 12.0. The Bertz CT molecular complexity index is 795. The average Bonchev–Trinajstić information content (AvgIpc) is 2.54. The fourth-order valence-electron chi connectivity index (χ4n) is 2.31. The molecule has 6 heteroatoms. The molecule has 5 nitrogen and oxygen atoms in total. The van der Waals surface area contributed by atoms with E-state index < -0.39 is 12.0 Å². The molecule has 2 aromatic carbocycles. The summed E-state index contributed by atoms with van der Waals surface area (Å²) in [6.07, 6.45) is 0. The van der Waals surface area contributed by atoms with Gasteiger partial charge in [0, 0.05) is 16.3 Å². The Hall–Kier alpha value is -2.37. The standard InChI is InChI=1S/C19H21ClN2O3/c1-19(2,3)12-5-7-13(8-6-12)22-17(23)11-4-9-15(20)14(10-11)16(21)18(24)25/h4-10,16H,21H2,1-3H3,(H,22,23)(H,24,25). The second-order valence-electron chi connectivity index (χ2n) is 6.83. The van der Waals surface area contributed by atoms with E-state index in [1.807, 2.05) is 24.3 Å². The van der Waals surface area contributed by atoms with Crippen LogP contribution in [-0.2, 0) is 10.2 Å². The average molecular weight is 361 g/mol. The Morgan fingerprint density at radius 2 is 1.72 bits per heavy atom. The van der Waals surface area contributed by atoms with Crippen LogP contribution in [0.2, 0.25) is 5.02 Å². The van der Waals surface area contributed by atoms with Gasteiger partial charge in [-0.05, 0) is 46.9 Å². The van der Waals surface area contributed by atoms with E-state index in [9.17, 15) is 9.59 Å². The molecule has 1 atom stereocenters. The Morgan fingerprint density at radius 1 is 1.12 bits per heavy atom. The molecule has 4 N–H and O–H groups in total. The zero-order valence-corrected chi connectivity index (χ0v) is 15.1. The van der Waals surface area contributed by atoms with Gasteiger partial charge < -0.3 is 16.2 Å². The van der Waals surface area contributed by atoms with Gasteiger partial charge >= 0.3 is 5.97 Å². The molecule has 2 rings (SSSR count). The Kier molecular flexibility index (Phi) is 5.50. The van der Waals surface area contributed by atoms with E-state index in [1.165, 1.54) is 18.2 Å². The van der Waals surface area contributed by atoms with E-state index in [0.29, 0.717) is 5.69 Å². The molecule has 0 bridgehead atoms. The third-order valence-electron chi connectivity index (χ3n) is 3.87. The van der Waals surface area contributed by atoms with Crippen molar-refractivity contribution < 1.29 is 14.7 Å². The summed E-state index contributed by atoms with van der Waals surface area (Å²) >= 11 is 5.99. The molecular formula is C19H21ClN2O3. The second-order valence-corrected chi connectivity index (χ2v) is 7.24. The van der Waals surface area contributed by atoms with E-state index in [1.54, 1.807) is 0 Å². The predicted octanol–water partition coefficient (Wildman–Crippen LogP) is 3.97. The third-order valence-corrected chi connectivity index (χ3v) is 4.21. The minimum Gasteiger partial charge on any atom is -0.480 e. The minimum atomic E-state index is -1.29. The molecule has 0 aliphatic carbocycles. The monoisotopic (exact) mass is 360 g/mol. The van der Waals surface area contributed by atoms with Crippen LogP contribution in [0.5, 0.6) is 0 Å². The number of aliphatic carboxylic acids is 1. The lowest BCUT2D eigenvalue weighted by Crippen LogP contribution is -2.22. The smallest absolute Gasteiger partial charge is 0.325 e. The van der Waals surface area contributed by atoms with Crippen LogP contribution in [0.1, 0.15) is 48.3 Å². The number of hydrogen-bond donors (Lipinski definition) is 3. The Balaban J connectivity index is 2.21. The summed E-state index contributed by atoms with van der Waals surface area (Å²) in [4.78, 5) is 23.5. The lowest BCUT2D eigenvalue weighted by Gasteiger charge is -2.19. The van der Waals surface area contributed by atoms with Crippen LogP contribution in [-0.4, -0.2) is 17.0 Å². The number of amides is 1. The van der Waals surface area contributed by atoms with Gasteiger partial charge in [0.1, 0.15) is 6.04 Å². The number of anilines is 1. The number of carbonyl (C=O) groups excluding carboxylic acids is 1. The van der Waals surface area contributed by atoms with Gasteiger partial charge in [-0.3, -0.25) is 9.59 Å². The highest BCUT2D eigenvalue weighted by Gasteiger charge is 2.19. The van der Waals surface area contributed by atoms with Crippen molar-refractivity contribution in [2.45, 2.75) is 32.2 Å². The molecule has 0 aliphatic heterocycles. The van der Waals surface area contributed by atoms with Crippen LogP contribution < -0.4 is 11.1 Å². The van der Waals surface area contributed by atoms with Crippen LogP contribution in [0.25, 0.3) is 0 Å². The number of nitrogens with one attached hydrogen (secondary N) is 1. The van der Waals surface area contributed by atoms with Crippen molar-refractivity contribution in [3.8, 4) is 0 Å². The van der Waals surface area contributed by atoms with Crippen molar-refractivity contribution in [2.24, 2.45) is 5.73 Å². The Labute approximate surface area is 151 Å². The fourth-order valence-corrected chi connectivity index (χ4v) is 2.55. The molecule has 0 fully saturated rings. The highest BCUT2D eigenvalue weighted by molar-refractivity contribution is 6.31. The van der Waals surface area contributed by atoms with Gasteiger partial charge in [0.15, 0.2) is 0 Å². The van der Waals surface area contributed by atoms with Crippen molar-refractivity contribution in [1.29, 1.82) is 0 Å². The first-order valence-corrected chi connectivity index (χ1v) is 8.17. The molecule has 0 spiro atoms. The molecule has 132 valence electrons. The lowest BCUT2D eigenvalue weighted by atomic mass is 9.87. The number of hydrogen-bond acceptors (Lipinski definition) is 3. The normalized spacial score (nSPS) is 12.5. The number of rotatable bonds is 4. The number of benzene rings is 2. The molecule has 2 aromatic rings. The van der Waals surface area contributed by atoms with E-state index >= 15 is 0 Å². The van der Waals surface area contributed by atoms with E-state index in [-0.39, 0.29) is 27.5 Å². The Morgan fingerprint density at radius 3 is 2.24 bits per heavy atom. The predicted molar refractivity (Wildman–Crippen MR) is 99.1 cm³/mol. The molecule has 1 unspecified atom stereocenters. The summed E-state index contributed by atoms with van der Waals surface area (Å²) in [6.45, 7) is 6.34. The van der Waals surface area contributed by atoms with Gasteiger partial charge in [-0.15, -0.1) is 0 Å². The molecule has 0 saturated carbocycles. The zero-order valence-electron chi connectivity index (χ0n) is 14.3. The maximum absolute atomic E-state index is 12.4. The van der Waals surface area contributed by atoms with Crippen LogP contribution in [0.4, 0.5) is 5.69 Å². The number of halogens is 1. The van der Waals surface area contributed by atoms with Crippen molar-refractivity contribution in [3.63, 3.8) is 0 Å². The summed E-state index contributed by atoms with van der Waals surface area (Å²) in [5.74, 6) is -1.57. The SMILES string of the molecule is CC(C)(C)c1ccc(NC(=O)c2ccc(Cl)c(C(N)C(=O)O)c2)cc1. The maximum Gasteiger partial charge on any atom is 0.325 e. The highest BCUT2D eigenvalue weighted by Crippen LogP contribution is 2.25. The van der Waals surface area contributed by atoms with E-state index in [4.69, 9.17) is 22.4 Å². The van der Waals surface area contributed by atoms with Crippen LogP contribution in [0.3, 0.4) is 0 Å². The molecule has 25 heavy (non-hydrogen) atoms. The minimum absolute atomic E-state index is 0.0284. The first-order chi connectivity index (χ1) is 11.6. The van der Waals surface area contributed by atoms with Gasteiger partial charge in [-0.25, -0.2) is 0 Å². The second kappa shape index (κ2) is 7.25. The molecule has 0 heterocycles. The van der Waals surface area contributed by atoms with E-state index in [0.717, 1.165) is 5.56 Å². The third kappa shape index (κ3) is 4.59. The summed E-state index contributed by atoms with van der Waals surface area (Å²) in [6, 6.07) is 10.7. The highest BCUT2D eigenvalue weighted by atomic mass is 35.5. The van der Waals surface area contributed by atoms with Gasteiger partial charge in [-0.1, -0.05) is 44.5 Å². The van der Waals surface area contributed by atoms with Gasteiger partial charge in [0.05, 0.1) is 0 Å². The molecule has 1 amide bonds. The van der Waals surface area contributed by atoms with Crippen molar-refractivity contribution in [3.05, 3.63) is 64.2 Å². The van der Waals surface area contributed by atoms with Gasteiger partial charge in [0.25, 0.3) is 5.91 Å². The first-order valence-electron chi connectivity index (χ1n) is 7.79. The van der Waals surface area contributed by atoms with Crippen molar-refractivity contribution in [1.82, 2.24) is 0 Å². The summed E-state index contributed by atoms with van der Waals surface area (Å²) in [5.41, 5.74) is 7.93. The van der Waals surface area contributed by atoms with Gasteiger partial charge in [-0.2, -0.15) is 0 Å². The van der Waals surface area contributed by atoms with Gasteiger partial charge in [0.2, 0.25) is 0 Å². The van der Waals surface area contributed by atoms with Crippen LogP contribution in [0.15, 0.2) is 42.5 Å². The van der Waals surface area contributed by atoms with Crippen molar-refractivity contribution >= 4 is 29.2 Å². The van der Waals surface area contributed by atoms with E-state index in [2.05, 4.69) is 26.1 Å². The van der Waals surface area contributed by atoms with Crippen molar-refractivity contribution in [2.75, 3.05) is 5.32 Å². The number of carboxylic acids is 1. The quantitative estimate of drug-likeness (QED) is 0.769. The molecule has 0 aliphatic rings. The number of nitrogens with two attached hydrogens (primary N) is 1. The van der Waals surface area contributed by atoms with Crippen LogP contribution in [0, 0.1) is 0 Å². The zero-order chi connectivity index (χ0) is 18.8. The number of carbonyl (C=O) groups is 2.